The monoisotopic (exact) mass is 223 g/mol. The van der Waals surface area contributed by atoms with Gasteiger partial charge in [-0.25, -0.2) is 4.98 Å². The fraction of sp³-hybridized carbons (Fsp3) is 0. The lowest BCUT2D eigenvalue weighted by Crippen LogP contribution is -1.82. The molecule has 0 atom stereocenters. The Kier molecular flexibility index (Phi) is 2.66. The minimum absolute atomic E-state index is 0.420. The summed E-state index contributed by atoms with van der Waals surface area (Å²) >= 11 is 11.4. The molecule has 14 heavy (non-hydrogen) atoms. The Bertz CT molecular complexity index is 440. The number of hydrogen-bond acceptors (Lipinski definition) is 2. The van der Waals surface area contributed by atoms with Crippen molar-refractivity contribution in [3.63, 3.8) is 0 Å². The maximum atomic E-state index is 5.80. The van der Waals surface area contributed by atoms with Crippen LogP contribution in [0.25, 0.3) is 11.1 Å². The fourth-order valence-corrected chi connectivity index (χ4v) is 1.34. The van der Waals surface area contributed by atoms with Gasteiger partial charge in [0.15, 0.2) is 0 Å². The molecular formula is C10H5Cl2N2. The number of rotatable bonds is 1. The molecule has 0 spiro atoms. The van der Waals surface area contributed by atoms with Crippen molar-refractivity contribution in [3.8, 4) is 11.1 Å². The summed E-state index contributed by atoms with van der Waals surface area (Å²) in [4.78, 5) is 7.83. The third-order valence-electron chi connectivity index (χ3n) is 1.69. The van der Waals surface area contributed by atoms with E-state index in [0.29, 0.717) is 10.2 Å². The first-order valence-electron chi connectivity index (χ1n) is 3.91. The van der Waals surface area contributed by atoms with Crippen molar-refractivity contribution in [2.75, 3.05) is 0 Å². The molecule has 0 bridgehead atoms. The van der Waals surface area contributed by atoms with E-state index in [2.05, 4.69) is 16.2 Å². The standard InChI is InChI=1S/C10H5Cl2N2/c11-9-3-8(4-13-6-9)7-1-2-10(12)14-5-7/h1-4,6H. The molecule has 0 fully saturated rings. The highest BCUT2D eigenvalue weighted by Gasteiger charge is 1.99. The number of nitrogens with zero attached hydrogens (tertiary/aromatic N) is 2. The molecule has 0 aromatic carbocycles. The molecule has 0 aliphatic carbocycles. The van der Waals surface area contributed by atoms with Gasteiger partial charge in [-0.2, -0.15) is 0 Å². The van der Waals surface area contributed by atoms with Gasteiger partial charge in [0.05, 0.1) is 11.2 Å². The molecule has 2 heterocycles. The van der Waals surface area contributed by atoms with E-state index in [1.165, 1.54) is 0 Å². The van der Waals surface area contributed by atoms with Gasteiger partial charge in [0.1, 0.15) is 5.15 Å². The molecule has 2 nitrogen and oxygen atoms in total. The van der Waals surface area contributed by atoms with Gasteiger partial charge in [0.25, 0.3) is 0 Å². The van der Waals surface area contributed by atoms with Gasteiger partial charge >= 0.3 is 0 Å². The van der Waals surface area contributed by atoms with Crippen LogP contribution in [-0.2, 0) is 0 Å². The summed E-state index contributed by atoms with van der Waals surface area (Å²) in [7, 11) is 0. The van der Waals surface area contributed by atoms with E-state index in [4.69, 9.17) is 23.2 Å². The van der Waals surface area contributed by atoms with E-state index in [1.807, 2.05) is 6.07 Å². The van der Waals surface area contributed by atoms with Crippen molar-refractivity contribution in [3.05, 3.63) is 47.0 Å². The molecule has 0 saturated heterocycles. The van der Waals surface area contributed by atoms with Crippen LogP contribution in [-0.4, -0.2) is 9.97 Å². The second-order valence-electron chi connectivity index (χ2n) is 2.69. The summed E-state index contributed by atoms with van der Waals surface area (Å²) in [6, 6.07) is 5.33. The molecular weight excluding hydrogens is 219 g/mol. The van der Waals surface area contributed by atoms with Gasteiger partial charge < -0.3 is 0 Å². The van der Waals surface area contributed by atoms with E-state index in [9.17, 15) is 0 Å². The van der Waals surface area contributed by atoms with Crippen molar-refractivity contribution in [2.45, 2.75) is 0 Å². The predicted octanol–water partition coefficient (Wildman–Crippen LogP) is 3.25. The summed E-state index contributed by atoms with van der Waals surface area (Å²) in [5, 5.41) is 1.01. The lowest BCUT2D eigenvalue weighted by molar-refractivity contribution is 1.29. The summed E-state index contributed by atoms with van der Waals surface area (Å²) in [6.45, 7) is 0. The van der Waals surface area contributed by atoms with E-state index >= 15 is 0 Å². The molecule has 0 aliphatic heterocycles. The van der Waals surface area contributed by atoms with E-state index in [1.54, 1.807) is 24.5 Å². The molecule has 2 rings (SSSR count). The Morgan fingerprint density at radius 2 is 2.00 bits per heavy atom. The molecule has 1 radical (unpaired) electrons. The molecule has 0 aliphatic rings. The molecule has 0 amide bonds. The molecule has 69 valence electrons. The number of aromatic nitrogens is 2. The van der Waals surface area contributed by atoms with Crippen molar-refractivity contribution < 1.29 is 0 Å². The third-order valence-corrected chi connectivity index (χ3v) is 2.10. The Balaban J connectivity index is 2.44. The highest BCUT2D eigenvalue weighted by atomic mass is 35.5. The predicted molar refractivity (Wildman–Crippen MR) is 56.3 cm³/mol. The van der Waals surface area contributed by atoms with Crippen LogP contribution >= 0.6 is 23.2 Å². The van der Waals surface area contributed by atoms with E-state index in [0.717, 1.165) is 11.1 Å². The Morgan fingerprint density at radius 3 is 2.64 bits per heavy atom. The molecule has 0 N–H and O–H groups in total. The largest absolute Gasteiger partial charge is 0.263 e. The van der Waals surface area contributed by atoms with Crippen LogP contribution in [0.3, 0.4) is 0 Å². The SMILES string of the molecule is Clc1cncc(-c2[c]nc(Cl)cc2)c1. The van der Waals surface area contributed by atoms with E-state index < -0.39 is 0 Å². The fourth-order valence-electron chi connectivity index (χ4n) is 1.06. The lowest BCUT2D eigenvalue weighted by Gasteiger charge is -1.99. The van der Waals surface area contributed by atoms with Gasteiger partial charge in [-0.15, -0.1) is 0 Å². The molecule has 2 aromatic rings. The van der Waals surface area contributed by atoms with Crippen LogP contribution < -0.4 is 0 Å². The third kappa shape index (κ3) is 2.03. The zero-order chi connectivity index (χ0) is 9.97. The van der Waals surface area contributed by atoms with Crippen molar-refractivity contribution >= 4 is 23.2 Å². The Labute approximate surface area is 91.5 Å². The second-order valence-corrected chi connectivity index (χ2v) is 3.51. The quantitative estimate of drug-likeness (QED) is 0.694. The van der Waals surface area contributed by atoms with Crippen LogP contribution in [0.1, 0.15) is 0 Å². The summed E-state index contributed by atoms with van der Waals surface area (Å²) in [5.41, 5.74) is 1.70. The van der Waals surface area contributed by atoms with Crippen LogP contribution in [0.2, 0.25) is 10.2 Å². The molecule has 2 aromatic heterocycles. The zero-order valence-electron chi connectivity index (χ0n) is 7.04. The minimum Gasteiger partial charge on any atom is -0.263 e. The molecule has 4 heteroatoms. The van der Waals surface area contributed by atoms with Gasteiger partial charge in [-0.05, 0) is 18.2 Å². The van der Waals surface area contributed by atoms with Crippen LogP contribution in [0.4, 0.5) is 0 Å². The average Bonchev–Trinajstić information content (AvgIpc) is 2.19. The normalized spacial score (nSPS) is 10.1. The van der Waals surface area contributed by atoms with Gasteiger partial charge in [-0.1, -0.05) is 23.2 Å². The zero-order valence-corrected chi connectivity index (χ0v) is 8.55. The van der Waals surface area contributed by atoms with Crippen molar-refractivity contribution in [1.29, 1.82) is 0 Å². The van der Waals surface area contributed by atoms with Crippen LogP contribution in [0.15, 0.2) is 30.6 Å². The maximum absolute atomic E-state index is 5.80. The lowest BCUT2D eigenvalue weighted by atomic mass is 10.1. The van der Waals surface area contributed by atoms with Crippen molar-refractivity contribution in [1.82, 2.24) is 9.97 Å². The second kappa shape index (κ2) is 3.95. The first-order valence-corrected chi connectivity index (χ1v) is 4.66. The van der Waals surface area contributed by atoms with Crippen LogP contribution in [0, 0.1) is 6.20 Å². The van der Waals surface area contributed by atoms with Gasteiger partial charge in [0.2, 0.25) is 0 Å². The minimum atomic E-state index is 0.420. The number of hydrogen-bond donors (Lipinski definition) is 0. The number of halogens is 2. The molecule has 0 saturated carbocycles. The summed E-state index contributed by atoms with van der Waals surface area (Å²) in [5.74, 6) is 0. The Hall–Kier alpha value is -1.12. The first-order chi connectivity index (χ1) is 6.75. The van der Waals surface area contributed by atoms with E-state index in [-0.39, 0.29) is 0 Å². The maximum Gasteiger partial charge on any atom is 0.129 e. The summed E-state index contributed by atoms with van der Waals surface area (Å²) < 4.78 is 0. The average molecular weight is 224 g/mol. The smallest absolute Gasteiger partial charge is 0.129 e. The molecule has 0 unspecified atom stereocenters. The summed E-state index contributed by atoms with van der Waals surface area (Å²) in [6.07, 6.45) is 6.08. The Morgan fingerprint density at radius 1 is 1.14 bits per heavy atom. The topological polar surface area (TPSA) is 25.8 Å². The highest BCUT2D eigenvalue weighted by Crippen LogP contribution is 2.20. The first kappa shape index (κ1) is 9.44. The van der Waals surface area contributed by atoms with Gasteiger partial charge in [-0.3, -0.25) is 4.98 Å². The number of pyridine rings is 2. The van der Waals surface area contributed by atoms with Gasteiger partial charge in [0, 0.05) is 23.5 Å². The highest BCUT2D eigenvalue weighted by molar-refractivity contribution is 6.30. The van der Waals surface area contributed by atoms with Crippen LogP contribution in [0.5, 0.6) is 0 Å². The van der Waals surface area contributed by atoms with Crippen molar-refractivity contribution in [2.24, 2.45) is 0 Å².